The molecule has 0 aliphatic carbocycles. The maximum Gasteiger partial charge on any atom is 0.320 e. The highest BCUT2D eigenvalue weighted by Crippen LogP contribution is 2.25. The van der Waals surface area contributed by atoms with Crippen LogP contribution in [-0.2, 0) is 16.1 Å². The number of benzene rings is 1. The van der Waals surface area contributed by atoms with Crippen molar-refractivity contribution < 1.29 is 19.0 Å². The summed E-state index contributed by atoms with van der Waals surface area (Å²) in [6.07, 6.45) is -0.0562. The topological polar surface area (TPSA) is 51.2 Å². The van der Waals surface area contributed by atoms with Crippen molar-refractivity contribution >= 4 is 5.97 Å². The van der Waals surface area contributed by atoms with Gasteiger partial charge in [-0.05, 0) is 32.0 Å². The second kappa shape index (κ2) is 8.89. The fraction of sp³-hybridized carbons (Fsp3) is 0.611. The summed E-state index contributed by atoms with van der Waals surface area (Å²) in [6.45, 7) is 8.47. The van der Waals surface area contributed by atoms with Crippen molar-refractivity contribution in [2.24, 2.45) is 0 Å². The first-order valence-corrected chi connectivity index (χ1v) is 8.37. The maximum absolute atomic E-state index is 11.7. The molecule has 6 heteroatoms. The molecule has 0 aromatic heterocycles. The Balaban J connectivity index is 1.86. The van der Waals surface area contributed by atoms with Crippen molar-refractivity contribution in [1.29, 1.82) is 0 Å². The van der Waals surface area contributed by atoms with Crippen LogP contribution in [0.5, 0.6) is 11.5 Å². The lowest BCUT2D eigenvalue weighted by Crippen LogP contribution is -2.47. The number of hydrogen-bond acceptors (Lipinski definition) is 6. The minimum absolute atomic E-state index is 0.0562. The zero-order valence-corrected chi connectivity index (χ0v) is 15.1. The number of esters is 1. The summed E-state index contributed by atoms with van der Waals surface area (Å²) in [6, 6.07) is 5.86. The Labute approximate surface area is 144 Å². The van der Waals surface area contributed by atoms with Crippen LogP contribution < -0.4 is 9.47 Å². The molecule has 0 spiro atoms. The van der Waals surface area contributed by atoms with Crippen molar-refractivity contribution in [2.75, 3.05) is 46.9 Å². The van der Waals surface area contributed by atoms with E-state index in [0.717, 1.165) is 49.8 Å². The lowest BCUT2D eigenvalue weighted by molar-refractivity contribution is -0.149. The number of ether oxygens (including phenoxy) is 3. The molecule has 1 saturated heterocycles. The lowest BCUT2D eigenvalue weighted by atomic mass is 10.1. The SMILES string of the molecule is COc1ccc(OC)c(CN2CCN(CC(=O)OC(C)C)CC2)c1. The molecule has 2 rings (SSSR count). The van der Waals surface area contributed by atoms with Crippen LogP contribution in [0.25, 0.3) is 0 Å². The van der Waals surface area contributed by atoms with E-state index in [-0.39, 0.29) is 12.1 Å². The number of rotatable bonds is 7. The molecule has 0 saturated carbocycles. The Morgan fingerprint density at radius 3 is 2.33 bits per heavy atom. The fourth-order valence-electron chi connectivity index (χ4n) is 2.83. The average molecular weight is 336 g/mol. The van der Waals surface area contributed by atoms with E-state index >= 15 is 0 Å². The lowest BCUT2D eigenvalue weighted by Gasteiger charge is -2.34. The highest BCUT2D eigenvalue weighted by atomic mass is 16.5. The Morgan fingerprint density at radius 2 is 1.75 bits per heavy atom. The van der Waals surface area contributed by atoms with Crippen molar-refractivity contribution in [2.45, 2.75) is 26.5 Å². The van der Waals surface area contributed by atoms with Gasteiger partial charge in [0.05, 0.1) is 26.9 Å². The van der Waals surface area contributed by atoms with Crippen LogP contribution in [-0.4, -0.2) is 68.8 Å². The monoisotopic (exact) mass is 336 g/mol. The van der Waals surface area contributed by atoms with Crippen molar-refractivity contribution in [3.63, 3.8) is 0 Å². The molecular weight excluding hydrogens is 308 g/mol. The molecule has 0 radical (unpaired) electrons. The highest BCUT2D eigenvalue weighted by Gasteiger charge is 2.21. The van der Waals surface area contributed by atoms with E-state index in [9.17, 15) is 4.79 Å². The molecule has 0 amide bonds. The summed E-state index contributed by atoms with van der Waals surface area (Å²) in [7, 11) is 3.35. The number of carbonyl (C=O) groups excluding carboxylic acids is 1. The Morgan fingerprint density at radius 1 is 1.08 bits per heavy atom. The minimum Gasteiger partial charge on any atom is -0.497 e. The molecule has 24 heavy (non-hydrogen) atoms. The van der Waals surface area contributed by atoms with E-state index in [1.54, 1.807) is 14.2 Å². The first-order valence-electron chi connectivity index (χ1n) is 8.37. The van der Waals surface area contributed by atoms with Crippen LogP contribution >= 0.6 is 0 Å². The highest BCUT2D eigenvalue weighted by molar-refractivity contribution is 5.71. The second-order valence-corrected chi connectivity index (χ2v) is 6.27. The van der Waals surface area contributed by atoms with Gasteiger partial charge in [0.2, 0.25) is 0 Å². The van der Waals surface area contributed by atoms with Crippen LogP contribution in [0.15, 0.2) is 18.2 Å². The predicted octanol–water partition coefficient (Wildman–Crippen LogP) is 1.77. The number of nitrogens with zero attached hydrogens (tertiary/aromatic N) is 2. The third kappa shape index (κ3) is 5.39. The quantitative estimate of drug-likeness (QED) is 0.708. The van der Waals surface area contributed by atoms with E-state index in [4.69, 9.17) is 14.2 Å². The standard InChI is InChI=1S/C18H28N2O4/c1-14(2)24-18(21)13-20-9-7-19(8-10-20)12-15-11-16(22-3)5-6-17(15)23-4/h5-6,11,14H,7-10,12-13H2,1-4H3. The third-order valence-electron chi connectivity index (χ3n) is 4.07. The van der Waals surface area contributed by atoms with Crippen LogP contribution in [0, 0.1) is 0 Å². The number of methoxy groups -OCH3 is 2. The Kier molecular flexibility index (Phi) is 6.87. The molecule has 0 atom stereocenters. The van der Waals surface area contributed by atoms with E-state index < -0.39 is 0 Å². The van der Waals surface area contributed by atoms with Gasteiger partial charge in [-0.2, -0.15) is 0 Å². The molecule has 1 fully saturated rings. The molecule has 0 unspecified atom stereocenters. The molecule has 1 heterocycles. The van der Waals surface area contributed by atoms with Crippen LogP contribution in [0.1, 0.15) is 19.4 Å². The van der Waals surface area contributed by atoms with Crippen LogP contribution in [0.2, 0.25) is 0 Å². The third-order valence-corrected chi connectivity index (χ3v) is 4.07. The molecule has 1 aliphatic rings. The molecule has 1 aromatic carbocycles. The van der Waals surface area contributed by atoms with E-state index in [0.29, 0.717) is 6.54 Å². The summed E-state index contributed by atoms with van der Waals surface area (Å²) >= 11 is 0. The smallest absolute Gasteiger partial charge is 0.320 e. The minimum atomic E-state index is -0.145. The summed E-state index contributed by atoms with van der Waals surface area (Å²) < 4.78 is 16.0. The summed E-state index contributed by atoms with van der Waals surface area (Å²) in [5, 5.41) is 0. The van der Waals surface area contributed by atoms with Gasteiger partial charge in [-0.1, -0.05) is 0 Å². The molecule has 1 aliphatic heterocycles. The van der Waals surface area contributed by atoms with Gasteiger partial charge in [0.15, 0.2) is 0 Å². The van der Waals surface area contributed by atoms with Crippen molar-refractivity contribution in [1.82, 2.24) is 9.80 Å². The normalized spacial score (nSPS) is 16.2. The first-order chi connectivity index (χ1) is 11.5. The average Bonchev–Trinajstić information content (AvgIpc) is 2.55. The fourth-order valence-corrected chi connectivity index (χ4v) is 2.83. The van der Waals surface area contributed by atoms with Gasteiger partial charge >= 0.3 is 5.97 Å². The molecule has 134 valence electrons. The van der Waals surface area contributed by atoms with Gasteiger partial charge in [0.25, 0.3) is 0 Å². The molecule has 1 aromatic rings. The summed E-state index contributed by atoms with van der Waals surface area (Å²) in [5.41, 5.74) is 1.12. The molecule has 0 N–H and O–H groups in total. The van der Waals surface area contributed by atoms with E-state index in [2.05, 4.69) is 9.80 Å². The van der Waals surface area contributed by atoms with E-state index in [1.165, 1.54) is 0 Å². The number of piperazine rings is 1. The summed E-state index contributed by atoms with van der Waals surface area (Å²) in [4.78, 5) is 16.2. The Bertz CT molecular complexity index is 540. The zero-order valence-electron chi connectivity index (χ0n) is 15.1. The molecular formula is C18H28N2O4. The first kappa shape index (κ1) is 18.5. The van der Waals surface area contributed by atoms with E-state index in [1.807, 2.05) is 32.0 Å². The van der Waals surface area contributed by atoms with Crippen molar-refractivity contribution in [3.8, 4) is 11.5 Å². The van der Waals surface area contributed by atoms with Gasteiger partial charge in [-0.25, -0.2) is 0 Å². The van der Waals surface area contributed by atoms with Crippen LogP contribution in [0.4, 0.5) is 0 Å². The molecule has 0 bridgehead atoms. The van der Waals surface area contributed by atoms with Gasteiger partial charge in [0.1, 0.15) is 11.5 Å². The van der Waals surface area contributed by atoms with Crippen molar-refractivity contribution in [3.05, 3.63) is 23.8 Å². The van der Waals surface area contributed by atoms with Gasteiger partial charge < -0.3 is 14.2 Å². The second-order valence-electron chi connectivity index (χ2n) is 6.27. The Hall–Kier alpha value is -1.79. The van der Waals surface area contributed by atoms with Gasteiger partial charge in [0, 0.05) is 38.3 Å². The maximum atomic E-state index is 11.7. The predicted molar refractivity (Wildman–Crippen MR) is 92.5 cm³/mol. The van der Waals surface area contributed by atoms with Crippen LogP contribution in [0.3, 0.4) is 0 Å². The number of carbonyl (C=O) groups is 1. The zero-order chi connectivity index (χ0) is 17.5. The molecule has 6 nitrogen and oxygen atoms in total. The largest absolute Gasteiger partial charge is 0.497 e. The number of hydrogen-bond donors (Lipinski definition) is 0. The summed E-state index contributed by atoms with van der Waals surface area (Å²) in [5.74, 6) is 1.56. The van der Waals surface area contributed by atoms with Gasteiger partial charge in [-0.3, -0.25) is 14.6 Å². The van der Waals surface area contributed by atoms with Gasteiger partial charge in [-0.15, -0.1) is 0 Å².